The minimum absolute atomic E-state index is 0.118. The molecule has 0 atom stereocenters. The normalized spacial score (nSPS) is 17.2. The number of nitrogens with one attached hydrogen (secondary N) is 1. The van der Waals surface area contributed by atoms with Gasteiger partial charge in [-0.3, -0.25) is 4.79 Å². The van der Waals surface area contributed by atoms with Gasteiger partial charge in [0, 0.05) is 0 Å². The standard InChI is InChI=1S/C17H12Br2N2O3S/c1-24-11-4-2-10(3-5-11)20-17-21-16(23)14(25-17)8-9-6-12(18)15(22)13(19)7-9/h2-8,22H,1H3,(H,20,21,23). The molecule has 25 heavy (non-hydrogen) atoms. The molecule has 2 N–H and O–H groups in total. The van der Waals surface area contributed by atoms with E-state index in [9.17, 15) is 9.90 Å². The zero-order valence-corrected chi connectivity index (χ0v) is 16.9. The van der Waals surface area contributed by atoms with Crippen LogP contribution in [0.3, 0.4) is 0 Å². The molecule has 0 radical (unpaired) electrons. The van der Waals surface area contributed by atoms with Crippen LogP contribution in [0.25, 0.3) is 6.08 Å². The van der Waals surface area contributed by atoms with E-state index in [1.165, 1.54) is 11.8 Å². The second kappa shape index (κ2) is 7.63. The summed E-state index contributed by atoms with van der Waals surface area (Å²) in [5.41, 5.74) is 1.50. The third-order valence-electron chi connectivity index (χ3n) is 3.29. The summed E-state index contributed by atoms with van der Waals surface area (Å²) in [7, 11) is 1.60. The second-order valence-corrected chi connectivity index (χ2v) is 7.75. The number of rotatable bonds is 3. The molecule has 1 heterocycles. The van der Waals surface area contributed by atoms with Crippen molar-refractivity contribution >= 4 is 66.5 Å². The molecule has 0 saturated carbocycles. The fourth-order valence-corrected chi connectivity index (χ4v) is 4.14. The Labute approximate surface area is 165 Å². The Morgan fingerprint density at radius 2 is 1.84 bits per heavy atom. The number of amides is 1. The van der Waals surface area contributed by atoms with E-state index in [-0.39, 0.29) is 11.7 Å². The lowest BCUT2D eigenvalue weighted by Gasteiger charge is -2.02. The predicted octanol–water partition coefficient (Wildman–Crippen LogP) is 4.82. The molecule has 1 aliphatic rings. The molecule has 1 saturated heterocycles. The number of halogens is 2. The molecule has 5 nitrogen and oxygen atoms in total. The fourth-order valence-electron chi connectivity index (χ4n) is 2.07. The molecule has 2 aromatic rings. The quantitative estimate of drug-likeness (QED) is 0.614. The number of thioether (sulfide) groups is 1. The van der Waals surface area contributed by atoms with Crippen LogP contribution in [0.4, 0.5) is 5.69 Å². The Morgan fingerprint density at radius 3 is 2.44 bits per heavy atom. The van der Waals surface area contributed by atoms with Crippen molar-refractivity contribution in [1.29, 1.82) is 0 Å². The van der Waals surface area contributed by atoms with Crippen molar-refractivity contribution < 1.29 is 14.6 Å². The molecule has 0 spiro atoms. The SMILES string of the molecule is COc1ccc(N=C2NC(=O)C(=Cc3cc(Br)c(O)c(Br)c3)S2)cc1. The summed E-state index contributed by atoms with van der Waals surface area (Å²) in [5.74, 6) is 0.654. The van der Waals surface area contributed by atoms with Crippen molar-refractivity contribution in [3.05, 3.63) is 55.8 Å². The van der Waals surface area contributed by atoms with Crippen molar-refractivity contribution in [2.75, 3.05) is 7.11 Å². The van der Waals surface area contributed by atoms with Crippen LogP contribution in [0.5, 0.6) is 11.5 Å². The third-order valence-corrected chi connectivity index (χ3v) is 5.41. The number of aliphatic imine (C=N–C) groups is 1. The molecule has 2 aromatic carbocycles. The molecular formula is C17H12Br2N2O3S. The lowest BCUT2D eigenvalue weighted by atomic mass is 10.2. The van der Waals surface area contributed by atoms with Gasteiger partial charge in [-0.1, -0.05) is 0 Å². The van der Waals surface area contributed by atoms with Crippen LogP contribution in [0, 0.1) is 0 Å². The number of aromatic hydroxyl groups is 1. The van der Waals surface area contributed by atoms with Gasteiger partial charge in [-0.25, -0.2) is 4.99 Å². The number of phenolic OH excluding ortho intramolecular Hbond substituents is 1. The van der Waals surface area contributed by atoms with E-state index < -0.39 is 0 Å². The summed E-state index contributed by atoms with van der Waals surface area (Å²) in [6.07, 6.45) is 1.74. The number of nitrogens with zero attached hydrogens (tertiary/aromatic N) is 1. The predicted molar refractivity (Wildman–Crippen MR) is 107 cm³/mol. The number of phenols is 1. The van der Waals surface area contributed by atoms with Crippen molar-refractivity contribution in [2.24, 2.45) is 4.99 Å². The Balaban J connectivity index is 1.83. The first-order valence-electron chi connectivity index (χ1n) is 7.08. The highest BCUT2D eigenvalue weighted by atomic mass is 79.9. The maximum absolute atomic E-state index is 12.1. The minimum atomic E-state index is -0.211. The molecule has 1 fully saturated rings. The maximum atomic E-state index is 12.1. The molecule has 128 valence electrons. The number of amidine groups is 1. The van der Waals surface area contributed by atoms with Crippen LogP contribution >= 0.6 is 43.6 Å². The van der Waals surface area contributed by atoms with E-state index in [0.29, 0.717) is 19.0 Å². The van der Waals surface area contributed by atoms with Gasteiger partial charge in [0.25, 0.3) is 5.91 Å². The summed E-state index contributed by atoms with van der Waals surface area (Å²) < 4.78 is 6.20. The van der Waals surface area contributed by atoms with E-state index in [4.69, 9.17) is 4.74 Å². The van der Waals surface area contributed by atoms with Crippen LogP contribution < -0.4 is 10.1 Å². The molecule has 0 aromatic heterocycles. The van der Waals surface area contributed by atoms with Crippen LogP contribution in [0.1, 0.15) is 5.56 Å². The van der Waals surface area contributed by atoms with Gasteiger partial charge in [0.05, 0.1) is 26.6 Å². The summed E-state index contributed by atoms with van der Waals surface area (Å²) in [4.78, 5) is 17.1. The number of methoxy groups -OCH3 is 1. The molecule has 3 rings (SSSR count). The molecule has 0 unspecified atom stereocenters. The summed E-state index contributed by atoms with van der Waals surface area (Å²) in [5, 5.41) is 13.0. The van der Waals surface area contributed by atoms with Gasteiger partial charge >= 0.3 is 0 Å². The van der Waals surface area contributed by atoms with Gasteiger partial charge in [0.1, 0.15) is 11.5 Å². The topological polar surface area (TPSA) is 70.9 Å². The summed E-state index contributed by atoms with van der Waals surface area (Å²) >= 11 is 7.82. The number of ether oxygens (including phenoxy) is 1. The van der Waals surface area contributed by atoms with Gasteiger partial charge < -0.3 is 15.2 Å². The Bertz CT molecular complexity index is 872. The van der Waals surface area contributed by atoms with Crippen molar-refractivity contribution in [2.45, 2.75) is 0 Å². The smallest absolute Gasteiger partial charge is 0.264 e. The van der Waals surface area contributed by atoms with Crippen LogP contribution in [-0.4, -0.2) is 23.3 Å². The van der Waals surface area contributed by atoms with Gasteiger partial charge in [-0.2, -0.15) is 0 Å². The first-order chi connectivity index (χ1) is 12.0. The third kappa shape index (κ3) is 4.26. The first kappa shape index (κ1) is 18.0. The number of carbonyl (C=O) groups excluding carboxylic acids is 1. The Morgan fingerprint density at radius 1 is 1.20 bits per heavy atom. The van der Waals surface area contributed by atoms with E-state index in [1.807, 2.05) is 24.3 Å². The lowest BCUT2D eigenvalue weighted by Crippen LogP contribution is -2.19. The van der Waals surface area contributed by atoms with Crippen molar-refractivity contribution in [1.82, 2.24) is 5.32 Å². The van der Waals surface area contributed by atoms with E-state index >= 15 is 0 Å². The van der Waals surface area contributed by atoms with E-state index in [0.717, 1.165) is 17.0 Å². The van der Waals surface area contributed by atoms with Crippen LogP contribution in [-0.2, 0) is 4.79 Å². The number of carbonyl (C=O) groups is 1. The Kier molecular flexibility index (Phi) is 5.51. The fraction of sp³-hybridized carbons (Fsp3) is 0.0588. The van der Waals surface area contributed by atoms with Gasteiger partial charge in [-0.15, -0.1) is 0 Å². The molecule has 1 amide bonds. The largest absolute Gasteiger partial charge is 0.506 e. The number of benzene rings is 2. The van der Waals surface area contributed by atoms with Gasteiger partial charge in [0.15, 0.2) is 5.17 Å². The van der Waals surface area contributed by atoms with Crippen molar-refractivity contribution in [3.8, 4) is 11.5 Å². The van der Waals surface area contributed by atoms with Gasteiger partial charge in [0.2, 0.25) is 0 Å². The molecule has 8 heteroatoms. The average Bonchev–Trinajstić information content (AvgIpc) is 2.92. The molecular weight excluding hydrogens is 472 g/mol. The van der Waals surface area contributed by atoms with Crippen LogP contribution in [0.2, 0.25) is 0 Å². The minimum Gasteiger partial charge on any atom is -0.506 e. The summed E-state index contributed by atoms with van der Waals surface area (Å²) in [6.45, 7) is 0. The highest BCUT2D eigenvalue weighted by molar-refractivity contribution is 9.11. The van der Waals surface area contributed by atoms with E-state index in [1.54, 1.807) is 25.3 Å². The lowest BCUT2D eigenvalue weighted by molar-refractivity contribution is -0.115. The summed E-state index contributed by atoms with van der Waals surface area (Å²) in [6, 6.07) is 10.7. The van der Waals surface area contributed by atoms with Gasteiger partial charge in [-0.05, 0) is 91.7 Å². The van der Waals surface area contributed by atoms with Crippen molar-refractivity contribution in [3.63, 3.8) is 0 Å². The number of hydrogen-bond acceptors (Lipinski definition) is 5. The maximum Gasteiger partial charge on any atom is 0.264 e. The zero-order valence-electron chi connectivity index (χ0n) is 12.9. The number of hydrogen-bond donors (Lipinski definition) is 2. The van der Waals surface area contributed by atoms with Crippen LogP contribution in [0.15, 0.2) is 55.2 Å². The molecule has 1 aliphatic heterocycles. The molecule has 0 bridgehead atoms. The second-order valence-electron chi connectivity index (χ2n) is 5.01. The highest BCUT2D eigenvalue weighted by Crippen LogP contribution is 2.35. The monoisotopic (exact) mass is 482 g/mol. The molecule has 0 aliphatic carbocycles. The Hall–Kier alpha value is -1.77. The highest BCUT2D eigenvalue weighted by Gasteiger charge is 2.24. The zero-order chi connectivity index (χ0) is 18.0. The first-order valence-corrected chi connectivity index (χ1v) is 9.48. The average molecular weight is 484 g/mol. The van der Waals surface area contributed by atoms with E-state index in [2.05, 4.69) is 42.2 Å².